The van der Waals surface area contributed by atoms with Crippen LogP contribution in [0.5, 0.6) is 0 Å². The second kappa shape index (κ2) is 2.82. The Bertz CT molecular complexity index is 385. The van der Waals surface area contributed by atoms with Gasteiger partial charge in [-0.15, -0.1) is 0 Å². The number of aromatic nitrogens is 2. The van der Waals surface area contributed by atoms with Crippen molar-refractivity contribution in [2.45, 2.75) is 44.1 Å². The molecule has 0 aromatic carbocycles. The molecule has 0 saturated heterocycles. The van der Waals surface area contributed by atoms with Crippen molar-refractivity contribution in [2.75, 3.05) is 5.73 Å². The highest BCUT2D eigenvalue weighted by molar-refractivity contribution is 5.25. The van der Waals surface area contributed by atoms with Crippen LogP contribution in [-0.4, -0.2) is 9.78 Å². The lowest BCUT2D eigenvalue weighted by atomic mass is 9.53. The van der Waals surface area contributed by atoms with Gasteiger partial charge in [0.1, 0.15) is 5.82 Å². The lowest BCUT2D eigenvalue weighted by molar-refractivity contribution is -0.0492. The van der Waals surface area contributed by atoms with Crippen molar-refractivity contribution < 1.29 is 0 Å². The van der Waals surface area contributed by atoms with Gasteiger partial charge in [-0.2, -0.15) is 5.10 Å². The SMILES string of the molecule is Nc1ccn(C23CC4CC(CC(C4)C2)C3)n1. The van der Waals surface area contributed by atoms with Gasteiger partial charge in [0.05, 0.1) is 5.54 Å². The number of hydrogen-bond acceptors (Lipinski definition) is 2. The summed E-state index contributed by atoms with van der Waals surface area (Å²) in [7, 11) is 0. The zero-order chi connectivity index (χ0) is 10.8. The Hall–Kier alpha value is -0.990. The highest BCUT2D eigenvalue weighted by Gasteiger charge is 2.52. The minimum atomic E-state index is 0.340. The summed E-state index contributed by atoms with van der Waals surface area (Å²) in [6, 6.07) is 1.94. The Balaban J connectivity index is 1.76. The molecule has 4 bridgehead atoms. The fourth-order valence-electron chi connectivity index (χ4n) is 4.95. The third kappa shape index (κ3) is 1.12. The molecule has 4 aliphatic rings. The molecule has 3 heteroatoms. The van der Waals surface area contributed by atoms with Crippen molar-refractivity contribution in [3.8, 4) is 0 Å². The van der Waals surface area contributed by atoms with Gasteiger partial charge in [-0.05, 0) is 62.3 Å². The molecule has 1 aromatic heterocycles. The van der Waals surface area contributed by atoms with Gasteiger partial charge in [0.15, 0.2) is 0 Å². The molecule has 86 valence electrons. The minimum Gasteiger partial charge on any atom is -0.382 e. The molecule has 0 radical (unpaired) electrons. The molecule has 3 nitrogen and oxygen atoms in total. The molecule has 0 atom stereocenters. The van der Waals surface area contributed by atoms with E-state index in [0.717, 1.165) is 17.8 Å². The van der Waals surface area contributed by atoms with E-state index in [0.29, 0.717) is 11.4 Å². The Morgan fingerprint density at radius 1 is 1.12 bits per heavy atom. The van der Waals surface area contributed by atoms with E-state index in [-0.39, 0.29) is 0 Å². The molecule has 0 aliphatic heterocycles. The van der Waals surface area contributed by atoms with E-state index in [1.807, 2.05) is 6.07 Å². The number of nitrogens with two attached hydrogens (primary N) is 1. The predicted octanol–water partition coefficient (Wildman–Crippen LogP) is 2.39. The van der Waals surface area contributed by atoms with E-state index in [9.17, 15) is 0 Å². The van der Waals surface area contributed by atoms with Gasteiger partial charge in [0.25, 0.3) is 0 Å². The number of rotatable bonds is 1. The first-order valence-corrected chi connectivity index (χ1v) is 6.55. The molecule has 4 aliphatic carbocycles. The average molecular weight is 217 g/mol. The van der Waals surface area contributed by atoms with Crippen LogP contribution in [-0.2, 0) is 5.54 Å². The van der Waals surface area contributed by atoms with Gasteiger partial charge in [-0.25, -0.2) is 0 Å². The topological polar surface area (TPSA) is 43.8 Å². The third-order valence-electron chi connectivity index (χ3n) is 5.10. The van der Waals surface area contributed by atoms with Gasteiger partial charge in [-0.3, -0.25) is 4.68 Å². The highest BCUT2D eigenvalue weighted by atomic mass is 15.3. The van der Waals surface area contributed by atoms with Crippen LogP contribution in [0.1, 0.15) is 38.5 Å². The molecule has 16 heavy (non-hydrogen) atoms. The molecule has 5 rings (SSSR count). The zero-order valence-electron chi connectivity index (χ0n) is 9.60. The van der Waals surface area contributed by atoms with Crippen LogP contribution in [0, 0.1) is 17.8 Å². The van der Waals surface area contributed by atoms with Crippen LogP contribution < -0.4 is 5.73 Å². The van der Waals surface area contributed by atoms with Gasteiger partial charge in [0, 0.05) is 6.20 Å². The van der Waals surface area contributed by atoms with Crippen LogP contribution in [0.3, 0.4) is 0 Å². The molecular formula is C13H19N3. The van der Waals surface area contributed by atoms with E-state index in [1.165, 1.54) is 38.5 Å². The first-order valence-electron chi connectivity index (χ1n) is 6.55. The van der Waals surface area contributed by atoms with Gasteiger partial charge in [0.2, 0.25) is 0 Å². The van der Waals surface area contributed by atoms with E-state index < -0.39 is 0 Å². The lowest BCUT2D eigenvalue weighted by Crippen LogP contribution is -2.52. The number of hydrogen-bond donors (Lipinski definition) is 1. The zero-order valence-corrected chi connectivity index (χ0v) is 9.60. The monoisotopic (exact) mass is 217 g/mol. The predicted molar refractivity (Wildman–Crippen MR) is 62.8 cm³/mol. The Kier molecular flexibility index (Phi) is 1.60. The largest absolute Gasteiger partial charge is 0.382 e. The van der Waals surface area contributed by atoms with Crippen molar-refractivity contribution in [3.05, 3.63) is 12.3 Å². The summed E-state index contributed by atoms with van der Waals surface area (Å²) in [5.41, 5.74) is 6.11. The van der Waals surface area contributed by atoms with Crippen LogP contribution in [0.15, 0.2) is 12.3 Å². The summed E-state index contributed by atoms with van der Waals surface area (Å²) < 4.78 is 2.20. The summed E-state index contributed by atoms with van der Waals surface area (Å²) in [5, 5.41) is 4.50. The highest BCUT2D eigenvalue weighted by Crippen LogP contribution is 2.58. The summed E-state index contributed by atoms with van der Waals surface area (Å²) >= 11 is 0. The Morgan fingerprint density at radius 2 is 1.69 bits per heavy atom. The summed E-state index contributed by atoms with van der Waals surface area (Å²) in [4.78, 5) is 0. The molecule has 0 unspecified atom stereocenters. The first-order chi connectivity index (χ1) is 7.73. The molecule has 4 fully saturated rings. The molecule has 1 aromatic rings. The lowest BCUT2D eigenvalue weighted by Gasteiger charge is -2.56. The van der Waals surface area contributed by atoms with Crippen LogP contribution in [0.2, 0.25) is 0 Å². The van der Waals surface area contributed by atoms with Crippen LogP contribution >= 0.6 is 0 Å². The molecule has 4 saturated carbocycles. The maximum absolute atomic E-state index is 5.77. The third-order valence-corrected chi connectivity index (χ3v) is 5.10. The summed E-state index contributed by atoms with van der Waals surface area (Å²) in [6.45, 7) is 0. The van der Waals surface area contributed by atoms with Crippen LogP contribution in [0.4, 0.5) is 5.82 Å². The summed E-state index contributed by atoms with van der Waals surface area (Å²) in [5.74, 6) is 3.58. The maximum Gasteiger partial charge on any atom is 0.145 e. The standard InChI is InChI=1S/C13H19N3/c14-12-1-2-16(15-12)13-6-9-3-10(7-13)5-11(4-9)8-13/h1-2,9-11H,3-8H2,(H2,14,15). The average Bonchev–Trinajstić information content (AvgIpc) is 2.63. The van der Waals surface area contributed by atoms with Crippen LogP contribution in [0.25, 0.3) is 0 Å². The van der Waals surface area contributed by atoms with E-state index in [2.05, 4.69) is 16.0 Å². The van der Waals surface area contributed by atoms with Gasteiger partial charge < -0.3 is 5.73 Å². The van der Waals surface area contributed by atoms with Gasteiger partial charge in [-0.1, -0.05) is 0 Å². The Morgan fingerprint density at radius 3 is 2.12 bits per heavy atom. The molecular weight excluding hydrogens is 198 g/mol. The summed E-state index contributed by atoms with van der Waals surface area (Å²) in [6.07, 6.45) is 10.6. The van der Waals surface area contributed by atoms with Crippen molar-refractivity contribution in [1.82, 2.24) is 9.78 Å². The van der Waals surface area contributed by atoms with Crippen molar-refractivity contribution in [3.63, 3.8) is 0 Å². The van der Waals surface area contributed by atoms with Crippen molar-refractivity contribution in [1.29, 1.82) is 0 Å². The quantitative estimate of drug-likeness (QED) is 0.785. The molecule has 0 amide bonds. The first kappa shape index (κ1) is 9.08. The second-order valence-corrected chi connectivity index (χ2v) is 6.33. The molecule has 1 heterocycles. The normalized spacial score (nSPS) is 45.1. The Labute approximate surface area is 96.0 Å². The molecule has 0 spiro atoms. The number of anilines is 1. The van der Waals surface area contributed by atoms with Crippen molar-refractivity contribution in [2.24, 2.45) is 17.8 Å². The fourth-order valence-corrected chi connectivity index (χ4v) is 4.95. The van der Waals surface area contributed by atoms with E-state index in [1.54, 1.807) is 0 Å². The van der Waals surface area contributed by atoms with E-state index >= 15 is 0 Å². The van der Waals surface area contributed by atoms with Crippen molar-refractivity contribution >= 4 is 5.82 Å². The number of nitrogens with zero attached hydrogens (tertiary/aromatic N) is 2. The van der Waals surface area contributed by atoms with E-state index in [4.69, 9.17) is 5.73 Å². The maximum atomic E-state index is 5.77. The minimum absolute atomic E-state index is 0.340. The smallest absolute Gasteiger partial charge is 0.145 e. The second-order valence-electron chi connectivity index (χ2n) is 6.33. The number of nitrogen functional groups attached to an aromatic ring is 1. The van der Waals surface area contributed by atoms with Gasteiger partial charge >= 0.3 is 0 Å². The fraction of sp³-hybridized carbons (Fsp3) is 0.769. The molecule has 2 N–H and O–H groups in total.